The van der Waals surface area contributed by atoms with Crippen LogP contribution >= 0.6 is 0 Å². The average Bonchev–Trinajstić information content (AvgIpc) is 2.05. The molecule has 1 aliphatic carbocycles. The molecule has 0 fully saturated rings. The molecule has 1 aliphatic rings. The second-order valence-electron chi connectivity index (χ2n) is 3.22. The van der Waals surface area contributed by atoms with Crippen LogP contribution in [0.25, 0.3) is 0 Å². The van der Waals surface area contributed by atoms with Crippen molar-refractivity contribution in [3.05, 3.63) is 23.3 Å². The van der Waals surface area contributed by atoms with Crippen molar-refractivity contribution in [3.63, 3.8) is 0 Å². The van der Waals surface area contributed by atoms with Crippen molar-refractivity contribution in [2.75, 3.05) is 0 Å². The third kappa shape index (κ3) is 1.73. The van der Waals surface area contributed by atoms with Gasteiger partial charge in [-0.15, -0.1) is 0 Å². The van der Waals surface area contributed by atoms with Gasteiger partial charge in [0.1, 0.15) is 0 Å². The quantitative estimate of drug-likeness (QED) is 0.520. The van der Waals surface area contributed by atoms with Gasteiger partial charge in [0.15, 0.2) is 0 Å². The summed E-state index contributed by atoms with van der Waals surface area (Å²) in [5.74, 6) is 0.679. The summed E-state index contributed by atoms with van der Waals surface area (Å²) in [7, 11) is 0. The van der Waals surface area contributed by atoms with Crippen LogP contribution in [0.3, 0.4) is 0 Å². The SMILES string of the molecule is [2H]CC1=CC=C(C(C)C)CC1. The minimum atomic E-state index is 0.474. The average molecular weight is 137 g/mol. The van der Waals surface area contributed by atoms with E-state index in [9.17, 15) is 0 Å². The second-order valence-corrected chi connectivity index (χ2v) is 3.22. The Kier molecular flexibility index (Phi) is 1.89. The first kappa shape index (κ1) is 6.21. The molecule has 0 atom stereocenters. The molecule has 0 aromatic carbocycles. The zero-order chi connectivity index (χ0) is 8.27. The molecule has 1 rings (SSSR count). The lowest BCUT2D eigenvalue weighted by Crippen LogP contribution is -1.97. The Balaban J connectivity index is 2.61. The first-order chi connectivity index (χ1) is 5.24. The summed E-state index contributed by atoms with van der Waals surface area (Å²) in [6.07, 6.45) is 6.58. The Morgan fingerprint density at radius 2 is 2.20 bits per heavy atom. The van der Waals surface area contributed by atoms with Gasteiger partial charge in [-0.2, -0.15) is 0 Å². The minimum Gasteiger partial charge on any atom is -0.0730 e. The van der Waals surface area contributed by atoms with E-state index in [-0.39, 0.29) is 0 Å². The molecular formula is C10H16. The van der Waals surface area contributed by atoms with Crippen molar-refractivity contribution in [1.82, 2.24) is 0 Å². The van der Waals surface area contributed by atoms with Crippen LogP contribution in [0.15, 0.2) is 23.3 Å². The highest BCUT2D eigenvalue weighted by Crippen LogP contribution is 2.23. The normalized spacial score (nSPS) is 20.1. The number of hydrogen-bond donors (Lipinski definition) is 0. The smallest absolute Gasteiger partial charge is 0.0276 e. The number of allylic oxidation sites excluding steroid dienone is 4. The fraction of sp³-hybridized carbons (Fsp3) is 0.600. The first-order valence-electron chi connectivity index (χ1n) is 4.62. The highest BCUT2D eigenvalue weighted by atomic mass is 14.1. The standard InChI is InChI=1S/C10H16/c1-8(2)10-6-4-9(3)5-7-10/h4,6,8H,5,7H2,1-3H3/i3D. The summed E-state index contributed by atoms with van der Waals surface area (Å²) in [6, 6.07) is 0. The van der Waals surface area contributed by atoms with E-state index in [1.54, 1.807) is 0 Å². The summed E-state index contributed by atoms with van der Waals surface area (Å²) in [6.45, 7) is 4.93. The maximum atomic E-state index is 7.17. The Hall–Kier alpha value is -0.520. The topological polar surface area (TPSA) is 0 Å². The zero-order valence-corrected chi connectivity index (χ0v) is 6.85. The van der Waals surface area contributed by atoms with E-state index in [0.29, 0.717) is 12.8 Å². The molecule has 0 spiro atoms. The highest BCUT2D eigenvalue weighted by molar-refractivity contribution is 5.23. The third-order valence-corrected chi connectivity index (χ3v) is 2.01. The van der Waals surface area contributed by atoms with Gasteiger partial charge in [0, 0.05) is 1.37 Å². The Labute approximate surface area is 65.0 Å². The maximum absolute atomic E-state index is 7.17. The van der Waals surface area contributed by atoms with Crippen molar-refractivity contribution in [2.24, 2.45) is 5.92 Å². The zero-order valence-electron chi connectivity index (χ0n) is 7.85. The van der Waals surface area contributed by atoms with Gasteiger partial charge in [-0.3, -0.25) is 0 Å². The molecule has 0 aliphatic heterocycles. The summed E-state index contributed by atoms with van der Waals surface area (Å²) >= 11 is 0. The highest BCUT2D eigenvalue weighted by Gasteiger charge is 2.05. The molecule has 56 valence electrons. The molecule has 0 aromatic heterocycles. The Morgan fingerprint density at radius 3 is 2.60 bits per heavy atom. The third-order valence-electron chi connectivity index (χ3n) is 2.01. The molecule has 0 aromatic rings. The van der Waals surface area contributed by atoms with E-state index in [0.717, 1.165) is 6.42 Å². The molecule has 0 N–H and O–H groups in total. The summed E-state index contributed by atoms with van der Waals surface area (Å²) in [5, 5.41) is 0. The summed E-state index contributed by atoms with van der Waals surface area (Å²) in [5.41, 5.74) is 2.80. The molecule has 0 bridgehead atoms. The molecular weight excluding hydrogens is 120 g/mol. The van der Waals surface area contributed by atoms with E-state index < -0.39 is 0 Å². The van der Waals surface area contributed by atoms with E-state index in [2.05, 4.69) is 26.0 Å². The van der Waals surface area contributed by atoms with Crippen LogP contribution < -0.4 is 0 Å². The van der Waals surface area contributed by atoms with Crippen LogP contribution in [-0.4, -0.2) is 0 Å². The fourth-order valence-electron chi connectivity index (χ4n) is 1.18. The molecule has 0 heterocycles. The predicted octanol–water partition coefficient (Wildman–Crippen LogP) is 3.31. The van der Waals surface area contributed by atoms with Crippen molar-refractivity contribution >= 4 is 0 Å². The van der Waals surface area contributed by atoms with Crippen molar-refractivity contribution in [2.45, 2.75) is 33.6 Å². The fourth-order valence-corrected chi connectivity index (χ4v) is 1.18. The molecule has 10 heavy (non-hydrogen) atoms. The van der Waals surface area contributed by atoms with E-state index in [1.807, 2.05) is 0 Å². The van der Waals surface area contributed by atoms with Gasteiger partial charge in [-0.05, 0) is 25.7 Å². The lowest BCUT2D eigenvalue weighted by atomic mass is 9.92. The lowest BCUT2D eigenvalue weighted by Gasteiger charge is -2.14. The van der Waals surface area contributed by atoms with Crippen molar-refractivity contribution in [1.29, 1.82) is 0 Å². The van der Waals surface area contributed by atoms with Crippen LogP contribution in [0.2, 0.25) is 0 Å². The second kappa shape index (κ2) is 3.05. The monoisotopic (exact) mass is 137 g/mol. The van der Waals surface area contributed by atoms with Gasteiger partial charge in [-0.25, -0.2) is 0 Å². The molecule has 0 amide bonds. The van der Waals surface area contributed by atoms with Crippen molar-refractivity contribution in [3.8, 4) is 0 Å². The Bertz CT molecular complexity index is 187. The van der Waals surface area contributed by atoms with Gasteiger partial charge >= 0.3 is 0 Å². The summed E-state index contributed by atoms with van der Waals surface area (Å²) < 4.78 is 7.17. The van der Waals surface area contributed by atoms with Gasteiger partial charge in [0.05, 0.1) is 0 Å². The largest absolute Gasteiger partial charge is 0.0730 e. The number of rotatable bonds is 1. The van der Waals surface area contributed by atoms with Gasteiger partial charge in [0.25, 0.3) is 0 Å². The van der Waals surface area contributed by atoms with E-state index in [1.165, 1.54) is 17.6 Å². The van der Waals surface area contributed by atoms with Gasteiger partial charge in [0.2, 0.25) is 0 Å². The van der Waals surface area contributed by atoms with Crippen LogP contribution in [0.5, 0.6) is 0 Å². The molecule has 0 saturated carbocycles. The molecule has 0 nitrogen and oxygen atoms in total. The molecule has 0 unspecified atom stereocenters. The van der Waals surface area contributed by atoms with Gasteiger partial charge in [-0.1, -0.05) is 37.1 Å². The van der Waals surface area contributed by atoms with Gasteiger partial charge < -0.3 is 0 Å². The summed E-state index contributed by atoms with van der Waals surface area (Å²) in [4.78, 5) is 0. The van der Waals surface area contributed by atoms with Crippen molar-refractivity contribution < 1.29 is 1.37 Å². The molecule has 0 radical (unpaired) electrons. The van der Waals surface area contributed by atoms with Crippen LogP contribution in [0.4, 0.5) is 0 Å². The van der Waals surface area contributed by atoms with E-state index in [4.69, 9.17) is 1.37 Å². The maximum Gasteiger partial charge on any atom is 0.0276 e. The predicted molar refractivity (Wildman–Crippen MR) is 45.9 cm³/mol. The minimum absolute atomic E-state index is 0.474. The number of hydrogen-bond acceptors (Lipinski definition) is 0. The van der Waals surface area contributed by atoms with Crippen LogP contribution in [0.1, 0.15) is 35.0 Å². The molecule has 0 heteroatoms. The van der Waals surface area contributed by atoms with Crippen LogP contribution in [0, 0.1) is 5.92 Å². The van der Waals surface area contributed by atoms with Crippen LogP contribution in [-0.2, 0) is 0 Å². The van der Waals surface area contributed by atoms with E-state index >= 15 is 0 Å². The Morgan fingerprint density at radius 1 is 1.40 bits per heavy atom. The lowest BCUT2D eigenvalue weighted by molar-refractivity contribution is 0.700. The molecule has 0 saturated heterocycles. The first-order valence-corrected chi connectivity index (χ1v) is 3.91.